The fraction of sp³-hybridized carbons (Fsp3) is 0.667. The lowest BCUT2D eigenvalue weighted by atomic mass is 10.0. The van der Waals surface area contributed by atoms with Gasteiger partial charge in [-0.25, -0.2) is 0 Å². The molecule has 2 aromatic rings. The quantitative estimate of drug-likeness (QED) is 0.796. The molecule has 0 aromatic carbocycles. The largest absolute Gasteiger partial charge is 0.368 e. The zero-order valence-corrected chi connectivity index (χ0v) is 15.0. The smallest absolute Gasteiger partial charge is 0.251 e. The van der Waals surface area contributed by atoms with Gasteiger partial charge in [0.2, 0.25) is 0 Å². The van der Waals surface area contributed by atoms with Gasteiger partial charge in [-0.05, 0) is 38.3 Å². The van der Waals surface area contributed by atoms with E-state index < -0.39 is 0 Å². The van der Waals surface area contributed by atoms with Crippen LogP contribution in [0.1, 0.15) is 25.1 Å². The third-order valence-corrected chi connectivity index (χ3v) is 5.98. The van der Waals surface area contributed by atoms with Gasteiger partial charge in [-0.15, -0.1) is 15.3 Å². The molecule has 0 aliphatic carbocycles. The molecular weight excluding hydrogens is 332 g/mol. The number of aromatic nitrogens is 4. The lowest BCUT2D eigenvalue weighted by molar-refractivity contribution is -0.145. The van der Waals surface area contributed by atoms with Gasteiger partial charge >= 0.3 is 0 Å². The summed E-state index contributed by atoms with van der Waals surface area (Å²) in [6, 6.07) is 3.98. The van der Waals surface area contributed by atoms with Gasteiger partial charge in [-0.3, -0.25) is 4.79 Å². The van der Waals surface area contributed by atoms with Crippen molar-refractivity contribution in [1.82, 2.24) is 24.7 Å². The number of aryl methyl sites for hydroxylation is 1. The highest BCUT2D eigenvalue weighted by Gasteiger charge is 2.43. The number of carbonyl (C=O) groups excluding carboxylic acids is 1. The van der Waals surface area contributed by atoms with E-state index in [4.69, 9.17) is 4.74 Å². The SMILES string of the molecule is Cc1nnc2ccc(N3CC4CN(C(=O)C5CCCCO5)CC4C3)nn12. The van der Waals surface area contributed by atoms with E-state index in [0.717, 1.165) is 69.3 Å². The topological polar surface area (TPSA) is 75.9 Å². The molecule has 0 radical (unpaired) electrons. The molecule has 3 aliphatic rings. The van der Waals surface area contributed by atoms with E-state index >= 15 is 0 Å². The molecule has 8 nitrogen and oxygen atoms in total. The zero-order valence-electron chi connectivity index (χ0n) is 15.0. The molecule has 0 spiro atoms. The summed E-state index contributed by atoms with van der Waals surface area (Å²) >= 11 is 0. The monoisotopic (exact) mass is 356 g/mol. The summed E-state index contributed by atoms with van der Waals surface area (Å²) in [6.45, 7) is 6.20. The summed E-state index contributed by atoms with van der Waals surface area (Å²) in [4.78, 5) is 17.1. The van der Waals surface area contributed by atoms with Gasteiger partial charge in [-0.1, -0.05) is 0 Å². The van der Waals surface area contributed by atoms with Crippen LogP contribution in [-0.4, -0.2) is 69.5 Å². The Labute approximate surface area is 152 Å². The molecule has 2 aromatic heterocycles. The van der Waals surface area contributed by atoms with Gasteiger partial charge in [0.15, 0.2) is 11.5 Å². The van der Waals surface area contributed by atoms with Crippen LogP contribution in [-0.2, 0) is 9.53 Å². The molecule has 3 saturated heterocycles. The van der Waals surface area contributed by atoms with Gasteiger partial charge < -0.3 is 14.5 Å². The maximum atomic E-state index is 12.7. The van der Waals surface area contributed by atoms with Crippen molar-refractivity contribution in [2.45, 2.75) is 32.3 Å². The number of likely N-dealkylation sites (tertiary alicyclic amines) is 1. The summed E-state index contributed by atoms with van der Waals surface area (Å²) in [6.07, 6.45) is 2.84. The zero-order chi connectivity index (χ0) is 17.7. The minimum Gasteiger partial charge on any atom is -0.368 e. The maximum Gasteiger partial charge on any atom is 0.251 e. The van der Waals surface area contributed by atoms with E-state index in [1.165, 1.54) is 0 Å². The molecule has 138 valence electrons. The Hall–Kier alpha value is -2.22. The van der Waals surface area contributed by atoms with Crippen LogP contribution in [0.3, 0.4) is 0 Å². The maximum absolute atomic E-state index is 12.7. The molecule has 26 heavy (non-hydrogen) atoms. The second kappa shape index (κ2) is 6.19. The number of anilines is 1. The second-order valence-corrected chi connectivity index (χ2v) is 7.73. The van der Waals surface area contributed by atoms with Crippen molar-refractivity contribution in [3.8, 4) is 0 Å². The number of carbonyl (C=O) groups is 1. The molecule has 3 unspecified atom stereocenters. The molecular formula is C18H24N6O2. The Bertz CT molecular complexity index is 816. The van der Waals surface area contributed by atoms with E-state index in [-0.39, 0.29) is 12.0 Å². The Morgan fingerprint density at radius 1 is 1.12 bits per heavy atom. The van der Waals surface area contributed by atoms with Gasteiger partial charge in [-0.2, -0.15) is 4.52 Å². The lowest BCUT2D eigenvalue weighted by Crippen LogP contribution is -2.42. The van der Waals surface area contributed by atoms with Crippen molar-refractivity contribution in [2.75, 3.05) is 37.7 Å². The van der Waals surface area contributed by atoms with Crippen LogP contribution in [0, 0.1) is 18.8 Å². The third kappa shape index (κ3) is 2.63. The van der Waals surface area contributed by atoms with Crippen LogP contribution in [0.2, 0.25) is 0 Å². The number of fused-ring (bicyclic) bond motifs is 2. The number of amides is 1. The molecule has 0 saturated carbocycles. The molecule has 3 atom stereocenters. The Balaban J connectivity index is 1.26. The van der Waals surface area contributed by atoms with Crippen molar-refractivity contribution in [1.29, 1.82) is 0 Å². The van der Waals surface area contributed by atoms with E-state index in [0.29, 0.717) is 11.8 Å². The second-order valence-electron chi connectivity index (χ2n) is 7.73. The third-order valence-electron chi connectivity index (χ3n) is 5.98. The first kappa shape index (κ1) is 16.0. The summed E-state index contributed by atoms with van der Waals surface area (Å²) in [5, 5.41) is 12.9. The molecule has 0 N–H and O–H groups in total. The predicted molar refractivity (Wildman–Crippen MR) is 94.9 cm³/mol. The standard InChI is InChI=1S/C18H24N6O2/c1-12-19-20-16-5-6-17(21-24(12)16)22-8-13-10-23(11-14(13)9-22)18(25)15-4-2-3-7-26-15/h5-6,13-15H,2-4,7-11H2,1H3. The van der Waals surface area contributed by atoms with Gasteiger partial charge in [0, 0.05) is 44.6 Å². The van der Waals surface area contributed by atoms with Crippen LogP contribution in [0.25, 0.3) is 5.65 Å². The average Bonchev–Trinajstić information content (AvgIpc) is 3.35. The van der Waals surface area contributed by atoms with Crippen LogP contribution >= 0.6 is 0 Å². The van der Waals surface area contributed by atoms with Crippen LogP contribution in [0.5, 0.6) is 0 Å². The summed E-state index contributed by atoms with van der Waals surface area (Å²) < 4.78 is 7.47. The molecule has 0 bridgehead atoms. The highest BCUT2D eigenvalue weighted by molar-refractivity contribution is 5.81. The number of rotatable bonds is 2. The number of ether oxygens (including phenoxy) is 1. The van der Waals surface area contributed by atoms with Crippen molar-refractivity contribution in [2.24, 2.45) is 11.8 Å². The highest BCUT2D eigenvalue weighted by Crippen LogP contribution is 2.34. The normalized spacial score (nSPS) is 28.7. The van der Waals surface area contributed by atoms with Crippen LogP contribution < -0.4 is 4.90 Å². The van der Waals surface area contributed by atoms with E-state index in [1.54, 1.807) is 4.52 Å². The minimum absolute atomic E-state index is 0.199. The molecule has 3 aliphatic heterocycles. The fourth-order valence-electron chi connectivity index (χ4n) is 4.55. The van der Waals surface area contributed by atoms with E-state index in [2.05, 4.69) is 20.2 Å². The first-order chi connectivity index (χ1) is 12.7. The number of nitrogens with zero attached hydrogens (tertiary/aromatic N) is 6. The van der Waals surface area contributed by atoms with Gasteiger partial charge in [0.1, 0.15) is 11.9 Å². The van der Waals surface area contributed by atoms with Gasteiger partial charge in [0.05, 0.1) is 0 Å². The Morgan fingerprint density at radius 2 is 1.92 bits per heavy atom. The summed E-state index contributed by atoms with van der Waals surface area (Å²) in [7, 11) is 0. The fourth-order valence-corrected chi connectivity index (χ4v) is 4.55. The summed E-state index contributed by atoms with van der Waals surface area (Å²) in [5.41, 5.74) is 0.773. The van der Waals surface area contributed by atoms with Crippen molar-refractivity contribution in [3.05, 3.63) is 18.0 Å². The lowest BCUT2D eigenvalue weighted by Gasteiger charge is -2.28. The van der Waals surface area contributed by atoms with Crippen molar-refractivity contribution >= 4 is 17.4 Å². The number of hydrogen-bond donors (Lipinski definition) is 0. The minimum atomic E-state index is -0.209. The predicted octanol–water partition coefficient (Wildman–Crippen LogP) is 0.896. The molecule has 5 heterocycles. The van der Waals surface area contributed by atoms with Gasteiger partial charge in [0.25, 0.3) is 5.91 Å². The summed E-state index contributed by atoms with van der Waals surface area (Å²) in [5.74, 6) is 2.99. The van der Waals surface area contributed by atoms with Crippen molar-refractivity contribution < 1.29 is 9.53 Å². The first-order valence-corrected chi connectivity index (χ1v) is 9.53. The van der Waals surface area contributed by atoms with E-state index in [9.17, 15) is 4.79 Å². The van der Waals surface area contributed by atoms with Crippen LogP contribution in [0.4, 0.5) is 5.82 Å². The molecule has 5 rings (SSSR count). The molecule has 8 heteroatoms. The molecule has 1 amide bonds. The Morgan fingerprint density at radius 3 is 2.65 bits per heavy atom. The Kier molecular flexibility index (Phi) is 3.81. The van der Waals surface area contributed by atoms with E-state index in [1.807, 2.05) is 24.0 Å². The van der Waals surface area contributed by atoms with Crippen molar-refractivity contribution in [3.63, 3.8) is 0 Å². The average molecular weight is 356 g/mol. The first-order valence-electron chi connectivity index (χ1n) is 9.53. The highest BCUT2D eigenvalue weighted by atomic mass is 16.5. The van der Waals surface area contributed by atoms with Crippen LogP contribution in [0.15, 0.2) is 12.1 Å². The molecule has 3 fully saturated rings. The number of hydrogen-bond acceptors (Lipinski definition) is 6.